The topological polar surface area (TPSA) is 74.3 Å². The van der Waals surface area contributed by atoms with Crippen LogP contribution < -0.4 is 0 Å². The highest BCUT2D eigenvalue weighted by Crippen LogP contribution is 2.35. The van der Waals surface area contributed by atoms with Gasteiger partial charge in [-0.3, -0.25) is 14.5 Å². The highest BCUT2D eigenvalue weighted by molar-refractivity contribution is 6.43. The highest BCUT2D eigenvalue weighted by Gasteiger charge is 2.35. The SMILES string of the molecule is CC1=C(C#N)C(=O)N(CCc2ccccc2)C(=O)/C1=C/c1ccc(-c2cccc(Cl)c2Cl)o1. The molecule has 0 bridgehead atoms. The Balaban J connectivity index is 1.67. The van der Waals surface area contributed by atoms with E-state index in [9.17, 15) is 14.9 Å². The quantitative estimate of drug-likeness (QED) is 0.329. The smallest absolute Gasteiger partial charge is 0.271 e. The van der Waals surface area contributed by atoms with Crippen LogP contribution in [0.2, 0.25) is 10.0 Å². The van der Waals surface area contributed by atoms with Crippen LogP contribution in [0.1, 0.15) is 18.2 Å². The van der Waals surface area contributed by atoms with Crippen molar-refractivity contribution >= 4 is 41.1 Å². The summed E-state index contributed by atoms with van der Waals surface area (Å²) in [4.78, 5) is 27.1. The Bertz CT molecular complexity index is 1350. The molecule has 164 valence electrons. The maximum atomic E-state index is 13.2. The van der Waals surface area contributed by atoms with Gasteiger partial charge in [-0.2, -0.15) is 5.26 Å². The summed E-state index contributed by atoms with van der Waals surface area (Å²) in [6.45, 7) is 1.76. The lowest BCUT2D eigenvalue weighted by Crippen LogP contribution is -2.43. The van der Waals surface area contributed by atoms with E-state index in [4.69, 9.17) is 27.6 Å². The molecule has 0 N–H and O–H groups in total. The van der Waals surface area contributed by atoms with Crippen LogP contribution in [-0.4, -0.2) is 23.3 Å². The van der Waals surface area contributed by atoms with Gasteiger partial charge in [0.2, 0.25) is 0 Å². The molecule has 0 unspecified atom stereocenters. The molecule has 7 heteroatoms. The molecule has 33 heavy (non-hydrogen) atoms. The third kappa shape index (κ3) is 4.49. The van der Waals surface area contributed by atoms with Crippen LogP contribution in [0.4, 0.5) is 0 Å². The minimum atomic E-state index is -0.584. The summed E-state index contributed by atoms with van der Waals surface area (Å²) in [5, 5.41) is 10.3. The van der Waals surface area contributed by atoms with Gasteiger partial charge in [-0.25, -0.2) is 0 Å². The Morgan fingerprint density at radius 3 is 2.48 bits per heavy atom. The molecule has 2 heterocycles. The second-order valence-electron chi connectivity index (χ2n) is 7.47. The largest absolute Gasteiger partial charge is 0.457 e. The summed E-state index contributed by atoms with van der Waals surface area (Å²) in [6.07, 6.45) is 2.03. The van der Waals surface area contributed by atoms with E-state index in [0.29, 0.717) is 39.1 Å². The van der Waals surface area contributed by atoms with Crippen LogP contribution in [0.3, 0.4) is 0 Å². The van der Waals surface area contributed by atoms with Gasteiger partial charge in [0.1, 0.15) is 23.2 Å². The molecular weight excluding hydrogens is 459 g/mol. The fraction of sp³-hybridized carbons (Fsp3) is 0.115. The second kappa shape index (κ2) is 9.50. The van der Waals surface area contributed by atoms with Gasteiger partial charge in [0.05, 0.1) is 10.0 Å². The van der Waals surface area contributed by atoms with Gasteiger partial charge < -0.3 is 4.42 Å². The molecule has 0 fully saturated rings. The van der Waals surface area contributed by atoms with Crippen LogP contribution in [0, 0.1) is 11.3 Å². The van der Waals surface area contributed by atoms with Crippen molar-refractivity contribution in [2.24, 2.45) is 0 Å². The average molecular weight is 477 g/mol. The van der Waals surface area contributed by atoms with E-state index in [2.05, 4.69) is 0 Å². The van der Waals surface area contributed by atoms with Crippen LogP contribution in [0.15, 0.2) is 81.8 Å². The van der Waals surface area contributed by atoms with Crippen LogP contribution >= 0.6 is 23.2 Å². The number of halogens is 2. The lowest BCUT2D eigenvalue weighted by molar-refractivity contribution is -0.140. The number of benzene rings is 2. The van der Waals surface area contributed by atoms with Gasteiger partial charge in [-0.15, -0.1) is 0 Å². The molecule has 0 radical (unpaired) electrons. The first kappa shape index (κ1) is 22.6. The Kier molecular flexibility index (Phi) is 6.50. The first-order valence-corrected chi connectivity index (χ1v) is 10.9. The average Bonchev–Trinajstić information content (AvgIpc) is 3.28. The predicted molar refractivity (Wildman–Crippen MR) is 127 cm³/mol. The predicted octanol–water partition coefficient (Wildman–Crippen LogP) is 6.09. The van der Waals surface area contributed by atoms with E-state index in [1.165, 1.54) is 0 Å². The van der Waals surface area contributed by atoms with Gasteiger partial charge in [-0.05, 0) is 54.8 Å². The molecule has 0 saturated carbocycles. The van der Waals surface area contributed by atoms with Gasteiger partial charge in [0, 0.05) is 17.7 Å². The van der Waals surface area contributed by atoms with Crippen LogP contribution in [0.25, 0.3) is 17.4 Å². The van der Waals surface area contributed by atoms with Gasteiger partial charge in [-0.1, -0.05) is 59.6 Å². The van der Waals surface area contributed by atoms with Crippen molar-refractivity contribution < 1.29 is 14.0 Å². The summed E-state index contributed by atoms with van der Waals surface area (Å²) in [7, 11) is 0. The molecule has 0 spiro atoms. The fourth-order valence-corrected chi connectivity index (χ4v) is 4.02. The van der Waals surface area contributed by atoms with Gasteiger partial charge in [0.15, 0.2) is 0 Å². The Morgan fingerprint density at radius 2 is 1.76 bits per heavy atom. The number of hydrogen-bond acceptors (Lipinski definition) is 4. The maximum absolute atomic E-state index is 13.2. The van der Waals surface area contributed by atoms with Crippen molar-refractivity contribution in [3.8, 4) is 17.4 Å². The van der Waals surface area contributed by atoms with Crippen molar-refractivity contribution in [3.05, 3.63) is 98.8 Å². The number of hydrogen-bond donors (Lipinski definition) is 0. The van der Waals surface area contributed by atoms with Gasteiger partial charge in [0.25, 0.3) is 11.8 Å². The zero-order chi connectivity index (χ0) is 23.5. The number of amides is 2. The van der Waals surface area contributed by atoms with Crippen LogP contribution in [-0.2, 0) is 16.0 Å². The number of rotatable bonds is 5. The monoisotopic (exact) mass is 476 g/mol. The van der Waals surface area contributed by atoms with E-state index in [0.717, 1.165) is 10.5 Å². The third-order valence-electron chi connectivity index (χ3n) is 5.42. The minimum absolute atomic E-state index is 0.0569. The summed E-state index contributed by atoms with van der Waals surface area (Å²) >= 11 is 12.4. The van der Waals surface area contributed by atoms with E-state index in [-0.39, 0.29) is 17.7 Å². The molecular formula is C26H18Cl2N2O3. The Labute approximate surface area is 201 Å². The lowest BCUT2D eigenvalue weighted by atomic mass is 9.94. The number of carbonyl (C=O) groups is 2. The normalized spacial score (nSPS) is 15.3. The molecule has 0 saturated heterocycles. The molecule has 4 rings (SSSR count). The standard InChI is InChI=1S/C26H18Cl2N2O3/c1-16-20(14-18-10-11-23(33-18)19-8-5-9-22(27)24(19)28)25(31)30(26(32)21(16)15-29)13-12-17-6-3-2-4-7-17/h2-11,14H,12-13H2,1H3/b20-14+. The molecule has 3 aromatic rings. The number of nitrogens with zero attached hydrogens (tertiary/aromatic N) is 2. The molecule has 1 aliphatic rings. The van der Waals surface area contributed by atoms with Crippen molar-refractivity contribution in [2.75, 3.05) is 6.54 Å². The highest BCUT2D eigenvalue weighted by atomic mass is 35.5. The minimum Gasteiger partial charge on any atom is -0.457 e. The van der Waals surface area contributed by atoms with Gasteiger partial charge >= 0.3 is 0 Å². The van der Waals surface area contributed by atoms with E-state index in [1.54, 1.807) is 43.3 Å². The molecule has 2 aromatic carbocycles. The van der Waals surface area contributed by atoms with E-state index >= 15 is 0 Å². The Hall–Kier alpha value is -3.59. The Morgan fingerprint density at radius 1 is 1.00 bits per heavy atom. The molecule has 1 aliphatic heterocycles. The first-order chi connectivity index (χ1) is 15.9. The number of furan rings is 1. The van der Waals surface area contributed by atoms with Crippen molar-refractivity contribution in [3.63, 3.8) is 0 Å². The van der Waals surface area contributed by atoms with E-state index < -0.39 is 11.8 Å². The zero-order valence-corrected chi connectivity index (χ0v) is 19.2. The maximum Gasteiger partial charge on any atom is 0.271 e. The van der Waals surface area contributed by atoms with Crippen molar-refractivity contribution in [1.29, 1.82) is 5.26 Å². The van der Waals surface area contributed by atoms with Crippen LogP contribution in [0.5, 0.6) is 0 Å². The molecule has 5 nitrogen and oxygen atoms in total. The fourth-order valence-electron chi connectivity index (χ4n) is 3.63. The summed E-state index contributed by atoms with van der Waals surface area (Å²) in [6, 6.07) is 20.1. The summed E-state index contributed by atoms with van der Waals surface area (Å²) in [5.41, 5.74) is 2.11. The summed E-state index contributed by atoms with van der Waals surface area (Å²) in [5.74, 6) is -0.180. The number of imide groups is 1. The first-order valence-electron chi connectivity index (χ1n) is 10.2. The number of nitriles is 1. The number of carbonyl (C=O) groups excluding carboxylic acids is 2. The zero-order valence-electron chi connectivity index (χ0n) is 17.6. The lowest BCUT2D eigenvalue weighted by Gasteiger charge is -2.27. The molecule has 1 aromatic heterocycles. The molecule has 0 aliphatic carbocycles. The third-order valence-corrected chi connectivity index (χ3v) is 6.24. The molecule has 0 atom stereocenters. The van der Waals surface area contributed by atoms with Crippen molar-refractivity contribution in [1.82, 2.24) is 4.90 Å². The van der Waals surface area contributed by atoms with Crippen molar-refractivity contribution in [2.45, 2.75) is 13.3 Å². The molecule has 2 amide bonds. The summed E-state index contributed by atoms with van der Waals surface area (Å²) < 4.78 is 5.88. The second-order valence-corrected chi connectivity index (χ2v) is 8.26. The van der Waals surface area contributed by atoms with E-state index in [1.807, 2.05) is 36.4 Å².